The van der Waals surface area contributed by atoms with Crippen LogP contribution in [0.4, 0.5) is 10.1 Å². The highest BCUT2D eigenvalue weighted by Crippen LogP contribution is 2.44. The molecule has 0 spiro atoms. The van der Waals surface area contributed by atoms with Gasteiger partial charge in [-0.2, -0.15) is 5.48 Å². The lowest BCUT2D eigenvalue weighted by molar-refractivity contribution is 0.0820. The number of aromatic nitrogens is 2. The predicted molar refractivity (Wildman–Crippen MR) is 96.6 cm³/mol. The Morgan fingerprint density at radius 2 is 2.07 bits per heavy atom. The number of halogens is 1. The van der Waals surface area contributed by atoms with Crippen LogP contribution in [-0.2, 0) is 4.84 Å². The molecule has 1 aliphatic heterocycles. The van der Waals surface area contributed by atoms with Crippen molar-refractivity contribution in [3.63, 3.8) is 0 Å². The minimum absolute atomic E-state index is 0.0244. The molecule has 3 heterocycles. The number of nitrogens with zero attached hydrogens (tertiary/aromatic N) is 2. The number of pyridine rings is 1. The highest BCUT2D eigenvalue weighted by molar-refractivity contribution is 5.95. The van der Waals surface area contributed by atoms with E-state index in [1.54, 1.807) is 4.90 Å². The molecule has 0 radical (unpaired) electrons. The number of hydroxylamine groups is 1. The van der Waals surface area contributed by atoms with E-state index in [9.17, 15) is 14.0 Å². The maximum absolute atomic E-state index is 15.0. The van der Waals surface area contributed by atoms with Crippen molar-refractivity contribution in [2.24, 2.45) is 0 Å². The predicted octanol–water partition coefficient (Wildman–Crippen LogP) is 0.372. The molecular weight excluding hydrogens is 357 g/mol. The van der Waals surface area contributed by atoms with Crippen LogP contribution in [-0.4, -0.2) is 48.4 Å². The van der Waals surface area contributed by atoms with Gasteiger partial charge in [-0.15, -0.1) is 0 Å². The minimum Gasteiger partial charge on any atom is -0.492 e. The Bertz CT molecular complexity index is 1040. The molecule has 9 nitrogen and oxygen atoms in total. The van der Waals surface area contributed by atoms with Crippen LogP contribution in [0.1, 0.15) is 24.3 Å². The standard InChI is InChI=1S/C17H20FN5O4/c1-26-15-13(22-6-10(19)11(7-22)21-27-2)9(18)5-23-14(15)12(8-3-4-8)16(24)20-17(23)25/h5,8,11,19,21H,3-4,6-7H2,1-2H3,(H,20,24,25). The number of H-pyrrole nitrogens is 1. The van der Waals surface area contributed by atoms with Gasteiger partial charge < -0.3 is 19.9 Å². The van der Waals surface area contributed by atoms with Crippen molar-refractivity contribution in [1.29, 1.82) is 5.41 Å². The quantitative estimate of drug-likeness (QED) is 0.649. The summed E-state index contributed by atoms with van der Waals surface area (Å²) in [5.41, 5.74) is 2.73. The fraction of sp³-hybridized carbons (Fsp3) is 0.471. The molecule has 0 aromatic carbocycles. The van der Waals surface area contributed by atoms with Crippen LogP contribution in [0, 0.1) is 11.2 Å². The van der Waals surface area contributed by atoms with Crippen molar-refractivity contribution in [3.8, 4) is 5.75 Å². The summed E-state index contributed by atoms with van der Waals surface area (Å²) in [6.07, 6.45) is 2.74. The van der Waals surface area contributed by atoms with Gasteiger partial charge in [0.05, 0.1) is 33.0 Å². The van der Waals surface area contributed by atoms with Crippen molar-refractivity contribution >= 4 is 16.9 Å². The van der Waals surface area contributed by atoms with Crippen LogP contribution in [0.2, 0.25) is 0 Å². The van der Waals surface area contributed by atoms with Crippen molar-refractivity contribution in [3.05, 3.63) is 38.4 Å². The third kappa shape index (κ3) is 2.81. The lowest BCUT2D eigenvalue weighted by Gasteiger charge is -2.23. The zero-order valence-corrected chi connectivity index (χ0v) is 15.0. The fourth-order valence-corrected chi connectivity index (χ4v) is 3.68. The first kappa shape index (κ1) is 17.7. The molecule has 1 saturated carbocycles. The third-order valence-electron chi connectivity index (χ3n) is 5.03. The maximum atomic E-state index is 15.0. The summed E-state index contributed by atoms with van der Waals surface area (Å²) in [6.45, 7) is 0.471. The lowest BCUT2D eigenvalue weighted by atomic mass is 10.1. The summed E-state index contributed by atoms with van der Waals surface area (Å²) in [4.78, 5) is 33.5. The van der Waals surface area contributed by atoms with Crippen molar-refractivity contribution in [2.75, 3.05) is 32.2 Å². The molecule has 2 aromatic heterocycles. The van der Waals surface area contributed by atoms with Crippen LogP contribution >= 0.6 is 0 Å². The molecule has 1 aliphatic carbocycles. The molecule has 2 aliphatic rings. The molecule has 144 valence electrons. The van der Waals surface area contributed by atoms with Gasteiger partial charge in [-0.1, -0.05) is 0 Å². The number of nitrogens with one attached hydrogen (secondary N) is 3. The topological polar surface area (TPSA) is 112 Å². The normalized spacial score (nSPS) is 19.9. The van der Waals surface area contributed by atoms with E-state index < -0.39 is 17.1 Å². The number of methoxy groups -OCH3 is 1. The van der Waals surface area contributed by atoms with Gasteiger partial charge in [0, 0.05) is 17.8 Å². The van der Waals surface area contributed by atoms with E-state index in [-0.39, 0.29) is 29.9 Å². The Morgan fingerprint density at radius 1 is 1.33 bits per heavy atom. The number of rotatable bonds is 5. The molecular formula is C17H20FN5O4. The molecule has 27 heavy (non-hydrogen) atoms. The second kappa shape index (κ2) is 6.46. The molecule has 1 unspecified atom stereocenters. The Kier molecular flexibility index (Phi) is 4.23. The zero-order valence-electron chi connectivity index (χ0n) is 15.0. The van der Waals surface area contributed by atoms with Crippen LogP contribution in [0.3, 0.4) is 0 Å². The Labute approximate surface area is 153 Å². The van der Waals surface area contributed by atoms with E-state index in [1.807, 2.05) is 0 Å². The number of hydrogen-bond acceptors (Lipinski definition) is 7. The number of aromatic amines is 1. The van der Waals surface area contributed by atoms with Gasteiger partial charge >= 0.3 is 5.69 Å². The maximum Gasteiger partial charge on any atom is 0.333 e. The third-order valence-corrected chi connectivity index (χ3v) is 5.03. The lowest BCUT2D eigenvalue weighted by Crippen LogP contribution is -2.35. The molecule has 0 amide bonds. The number of hydrogen-bond donors (Lipinski definition) is 3. The number of ether oxygens (including phenoxy) is 1. The average Bonchev–Trinajstić information content (AvgIpc) is 3.39. The van der Waals surface area contributed by atoms with Crippen LogP contribution < -0.4 is 26.4 Å². The number of fused-ring (bicyclic) bond motifs is 1. The zero-order chi connectivity index (χ0) is 19.3. The van der Waals surface area contributed by atoms with E-state index in [1.165, 1.54) is 14.2 Å². The van der Waals surface area contributed by atoms with Gasteiger partial charge in [0.15, 0.2) is 11.6 Å². The smallest absolute Gasteiger partial charge is 0.333 e. The van der Waals surface area contributed by atoms with Crippen LogP contribution in [0.15, 0.2) is 15.8 Å². The highest BCUT2D eigenvalue weighted by Gasteiger charge is 2.35. The Balaban J connectivity index is 1.96. The summed E-state index contributed by atoms with van der Waals surface area (Å²) in [5, 5.41) is 8.08. The van der Waals surface area contributed by atoms with Crippen molar-refractivity contribution in [2.45, 2.75) is 24.8 Å². The van der Waals surface area contributed by atoms with E-state index in [2.05, 4.69) is 10.5 Å². The first-order valence-electron chi connectivity index (χ1n) is 8.62. The molecule has 2 fully saturated rings. The molecule has 10 heteroatoms. The van der Waals surface area contributed by atoms with E-state index in [0.717, 1.165) is 23.4 Å². The van der Waals surface area contributed by atoms with Crippen molar-refractivity contribution < 1.29 is 14.0 Å². The van der Waals surface area contributed by atoms with E-state index >= 15 is 0 Å². The molecule has 4 rings (SSSR count). The molecule has 1 atom stereocenters. The first-order chi connectivity index (χ1) is 13.0. The number of anilines is 1. The Hall–Kier alpha value is -2.72. The molecule has 0 bridgehead atoms. The second-order valence-electron chi connectivity index (χ2n) is 6.81. The van der Waals surface area contributed by atoms with Crippen LogP contribution in [0.5, 0.6) is 5.75 Å². The second-order valence-corrected chi connectivity index (χ2v) is 6.81. The fourth-order valence-electron chi connectivity index (χ4n) is 3.68. The van der Waals surface area contributed by atoms with Gasteiger partial charge in [0.2, 0.25) is 0 Å². The summed E-state index contributed by atoms with van der Waals surface area (Å²) in [6, 6.07) is -0.389. The van der Waals surface area contributed by atoms with Crippen LogP contribution in [0.25, 0.3) is 5.52 Å². The summed E-state index contributed by atoms with van der Waals surface area (Å²) in [5.74, 6) is -0.511. The molecule has 3 N–H and O–H groups in total. The molecule has 1 saturated heterocycles. The summed E-state index contributed by atoms with van der Waals surface area (Å²) < 4.78 is 21.6. The highest BCUT2D eigenvalue weighted by atomic mass is 19.1. The Morgan fingerprint density at radius 3 is 2.70 bits per heavy atom. The monoisotopic (exact) mass is 377 g/mol. The van der Waals surface area contributed by atoms with E-state index in [0.29, 0.717) is 23.3 Å². The summed E-state index contributed by atoms with van der Waals surface area (Å²) >= 11 is 0. The van der Waals surface area contributed by atoms with Crippen molar-refractivity contribution in [1.82, 2.24) is 14.9 Å². The van der Waals surface area contributed by atoms with Gasteiger partial charge in [0.1, 0.15) is 11.2 Å². The SMILES string of the molecule is CONC1CN(c2c(F)cn3c(=O)[nH]c(=O)c(C4CC4)c3c2OC)CC1=N. The van der Waals surface area contributed by atoms with Gasteiger partial charge in [0.25, 0.3) is 5.56 Å². The van der Waals surface area contributed by atoms with Gasteiger partial charge in [-0.25, -0.2) is 9.18 Å². The largest absolute Gasteiger partial charge is 0.492 e. The summed E-state index contributed by atoms with van der Waals surface area (Å²) in [7, 11) is 2.83. The molecule has 2 aromatic rings. The van der Waals surface area contributed by atoms with Gasteiger partial charge in [-0.05, 0) is 18.8 Å². The van der Waals surface area contributed by atoms with Gasteiger partial charge in [-0.3, -0.25) is 14.2 Å². The van der Waals surface area contributed by atoms with E-state index in [4.69, 9.17) is 15.0 Å². The minimum atomic E-state index is -0.712. The first-order valence-corrected chi connectivity index (χ1v) is 8.62. The average molecular weight is 377 g/mol.